The summed E-state index contributed by atoms with van der Waals surface area (Å²) in [6.07, 6.45) is 1.22. The largest absolute Gasteiger partial charge is 0.374 e. The minimum absolute atomic E-state index is 0.113. The van der Waals surface area contributed by atoms with Gasteiger partial charge in [-0.2, -0.15) is 0 Å². The molecule has 1 fully saturated rings. The van der Waals surface area contributed by atoms with Crippen LogP contribution in [0.3, 0.4) is 0 Å². The van der Waals surface area contributed by atoms with Crippen molar-refractivity contribution in [2.24, 2.45) is 5.92 Å². The molecule has 0 radical (unpaired) electrons. The van der Waals surface area contributed by atoms with Crippen LogP contribution in [0.15, 0.2) is 18.2 Å². The first kappa shape index (κ1) is 15.7. The maximum atomic E-state index is 6.10. The van der Waals surface area contributed by atoms with E-state index in [1.54, 1.807) is 6.07 Å². The quantitative estimate of drug-likeness (QED) is 0.771. The van der Waals surface area contributed by atoms with Crippen LogP contribution in [0, 0.1) is 17.8 Å². The summed E-state index contributed by atoms with van der Waals surface area (Å²) >= 11 is 12.0. The molecule has 0 amide bonds. The number of benzene rings is 1. The van der Waals surface area contributed by atoms with E-state index in [4.69, 9.17) is 32.7 Å². The molecule has 1 heterocycles. The summed E-state index contributed by atoms with van der Waals surface area (Å²) in [5, 5.41) is 1.26. The van der Waals surface area contributed by atoms with E-state index in [-0.39, 0.29) is 12.2 Å². The van der Waals surface area contributed by atoms with Crippen LogP contribution in [0.2, 0.25) is 10.0 Å². The lowest BCUT2D eigenvalue weighted by Crippen LogP contribution is -2.15. The predicted octanol–water partition coefficient (Wildman–Crippen LogP) is 4.33. The second-order valence-corrected chi connectivity index (χ2v) is 5.79. The first-order valence-corrected chi connectivity index (χ1v) is 7.45. The number of halogens is 2. The molecule has 0 aromatic heterocycles. The van der Waals surface area contributed by atoms with E-state index in [0.717, 1.165) is 12.0 Å². The summed E-state index contributed by atoms with van der Waals surface area (Å²) in [6.45, 7) is 4.95. The smallest absolute Gasteiger partial charge is 0.0825 e. The van der Waals surface area contributed by atoms with Crippen molar-refractivity contribution in [2.75, 3.05) is 6.61 Å². The molecule has 2 nitrogen and oxygen atoms in total. The molecule has 1 saturated heterocycles. The molecule has 0 spiro atoms. The van der Waals surface area contributed by atoms with Crippen LogP contribution >= 0.6 is 23.2 Å². The maximum Gasteiger partial charge on any atom is 0.0825 e. The topological polar surface area (TPSA) is 18.5 Å². The third kappa shape index (κ3) is 4.14. The van der Waals surface area contributed by atoms with Crippen molar-refractivity contribution in [3.8, 4) is 11.8 Å². The third-order valence-corrected chi connectivity index (χ3v) is 3.98. The molecule has 0 saturated carbocycles. The normalized spacial score (nSPS) is 25.3. The van der Waals surface area contributed by atoms with Crippen LogP contribution in [0.25, 0.3) is 0 Å². The lowest BCUT2D eigenvalue weighted by Gasteiger charge is -2.12. The summed E-state index contributed by atoms with van der Waals surface area (Å²) in [5.41, 5.74) is 0.937. The summed E-state index contributed by atoms with van der Waals surface area (Å²) in [4.78, 5) is 0. The molecule has 0 bridgehead atoms. The minimum Gasteiger partial charge on any atom is -0.374 e. The fraction of sp³-hybridized carbons (Fsp3) is 0.500. The lowest BCUT2D eigenvalue weighted by molar-refractivity contribution is -0.0158. The fourth-order valence-corrected chi connectivity index (χ4v) is 2.80. The second kappa shape index (κ2) is 7.33. The number of ether oxygens (including phenoxy) is 2. The molecule has 3 atom stereocenters. The van der Waals surface area contributed by atoms with Crippen molar-refractivity contribution in [1.82, 2.24) is 0 Å². The van der Waals surface area contributed by atoms with Crippen molar-refractivity contribution >= 4 is 23.2 Å². The molecule has 0 unspecified atom stereocenters. The zero-order chi connectivity index (χ0) is 14.5. The highest BCUT2D eigenvalue weighted by atomic mass is 35.5. The fourth-order valence-electron chi connectivity index (χ4n) is 2.34. The Morgan fingerprint density at radius 3 is 2.90 bits per heavy atom. The SMILES string of the molecule is CC#C[C@H]1C[C@@H](COCc2ccc(Cl)cc2Cl)O[C@H]1C. The van der Waals surface area contributed by atoms with Gasteiger partial charge in [0.05, 0.1) is 25.4 Å². The van der Waals surface area contributed by atoms with Crippen LogP contribution in [0.5, 0.6) is 0 Å². The van der Waals surface area contributed by atoms with Gasteiger partial charge in [-0.25, -0.2) is 0 Å². The highest BCUT2D eigenvalue weighted by molar-refractivity contribution is 6.35. The van der Waals surface area contributed by atoms with Gasteiger partial charge in [-0.3, -0.25) is 0 Å². The van der Waals surface area contributed by atoms with Gasteiger partial charge in [0.2, 0.25) is 0 Å². The summed E-state index contributed by atoms with van der Waals surface area (Å²) in [7, 11) is 0. The highest BCUT2D eigenvalue weighted by Gasteiger charge is 2.30. The average Bonchev–Trinajstić information content (AvgIpc) is 2.73. The van der Waals surface area contributed by atoms with Gasteiger partial charge in [0.15, 0.2) is 0 Å². The first-order chi connectivity index (χ1) is 9.60. The van der Waals surface area contributed by atoms with E-state index in [0.29, 0.717) is 29.2 Å². The highest BCUT2D eigenvalue weighted by Crippen LogP contribution is 2.27. The van der Waals surface area contributed by atoms with E-state index < -0.39 is 0 Å². The molecule has 1 aliphatic rings. The van der Waals surface area contributed by atoms with Crippen molar-refractivity contribution in [3.63, 3.8) is 0 Å². The second-order valence-electron chi connectivity index (χ2n) is 4.95. The Kier molecular flexibility index (Phi) is 5.74. The molecule has 20 heavy (non-hydrogen) atoms. The molecular weight excluding hydrogens is 295 g/mol. The van der Waals surface area contributed by atoms with Crippen LogP contribution in [0.1, 0.15) is 25.8 Å². The predicted molar refractivity (Wildman–Crippen MR) is 82.0 cm³/mol. The minimum atomic E-state index is 0.113. The Morgan fingerprint density at radius 1 is 1.40 bits per heavy atom. The van der Waals surface area contributed by atoms with Gasteiger partial charge in [-0.05, 0) is 38.0 Å². The average molecular weight is 313 g/mol. The van der Waals surface area contributed by atoms with Crippen molar-refractivity contribution in [2.45, 2.75) is 39.1 Å². The van der Waals surface area contributed by atoms with Gasteiger partial charge >= 0.3 is 0 Å². The van der Waals surface area contributed by atoms with Gasteiger partial charge in [-0.1, -0.05) is 35.2 Å². The van der Waals surface area contributed by atoms with Crippen LogP contribution in [-0.2, 0) is 16.1 Å². The molecular formula is C16H18Cl2O2. The molecule has 4 heteroatoms. The Morgan fingerprint density at radius 2 is 2.20 bits per heavy atom. The summed E-state index contributed by atoms with van der Waals surface area (Å²) in [5.74, 6) is 6.45. The van der Waals surface area contributed by atoms with Crippen molar-refractivity contribution in [3.05, 3.63) is 33.8 Å². The zero-order valence-electron chi connectivity index (χ0n) is 11.7. The van der Waals surface area contributed by atoms with E-state index in [2.05, 4.69) is 18.8 Å². The maximum absolute atomic E-state index is 6.10. The number of hydrogen-bond donors (Lipinski definition) is 0. The van der Waals surface area contributed by atoms with Crippen molar-refractivity contribution < 1.29 is 9.47 Å². The van der Waals surface area contributed by atoms with E-state index in [1.807, 2.05) is 19.1 Å². The summed E-state index contributed by atoms with van der Waals surface area (Å²) < 4.78 is 11.5. The molecule has 0 N–H and O–H groups in total. The molecule has 1 aliphatic heterocycles. The van der Waals surface area contributed by atoms with Crippen LogP contribution in [0.4, 0.5) is 0 Å². The van der Waals surface area contributed by atoms with Crippen molar-refractivity contribution in [1.29, 1.82) is 0 Å². The molecule has 1 aromatic carbocycles. The van der Waals surface area contributed by atoms with E-state index >= 15 is 0 Å². The Balaban J connectivity index is 1.80. The Bertz CT molecular complexity index is 519. The van der Waals surface area contributed by atoms with Gasteiger partial charge in [0, 0.05) is 16.0 Å². The monoisotopic (exact) mass is 312 g/mol. The number of hydrogen-bond acceptors (Lipinski definition) is 2. The number of rotatable bonds is 4. The lowest BCUT2D eigenvalue weighted by atomic mass is 10.0. The van der Waals surface area contributed by atoms with Gasteiger partial charge in [0.1, 0.15) is 0 Å². The van der Waals surface area contributed by atoms with E-state index in [1.165, 1.54) is 0 Å². The molecule has 108 valence electrons. The van der Waals surface area contributed by atoms with E-state index in [9.17, 15) is 0 Å². The van der Waals surface area contributed by atoms with Gasteiger partial charge in [-0.15, -0.1) is 5.92 Å². The standard InChI is InChI=1S/C16H18Cl2O2/c1-3-4-12-7-15(20-11(12)2)10-19-9-13-5-6-14(17)8-16(13)18/h5-6,8,11-12,15H,7,9-10H2,1-2H3/t11-,12-,15-/m0/s1. The molecule has 1 aromatic rings. The van der Waals surface area contributed by atoms with Gasteiger partial charge in [0.25, 0.3) is 0 Å². The van der Waals surface area contributed by atoms with Crippen LogP contribution in [-0.4, -0.2) is 18.8 Å². The van der Waals surface area contributed by atoms with Crippen LogP contribution < -0.4 is 0 Å². The molecule has 2 rings (SSSR count). The first-order valence-electron chi connectivity index (χ1n) is 6.69. The Labute approximate surface area is 130 Å². The molecule has 0 aliphatic carbocycles. The zero-order valence-corrected chi connectivity index (χ0v) is 13.2. The third-order valence-electron chi connectivity index (χ3n) is 3.40. The summed E-state index contributed by atoms with van der Waals surface area (Å²) in [6, 6.07) is 5.42. The Hall–Kier alpha value is -0.720. The van der Waals surface area contributed by atoms with Gasteiger partial charge < -0.3 is 9.47 Å².